The van der Waals surface area contributed by atoms with Gasteiger partial charge in [-0.2, -0.15) is 0 Å². The van der Waals surface area contributed by atoms with Gasteiger partial charge < -0.3 is 14.2 Å². The van der Waals surface area contributed by atoms with Gasteiger partial charge in [0.2, 0.25) is 5.91 Å². The Hall–Kier alpha value is -5.91. The van der Waals surface area contributed by atoms with Crippen molar-refractivity contribution in [3.8, 4) is 5.75 Å². The van der Waals surface area contributed by atoms with Crippen LogP contribution in [0.4, 0.5) is 0 Å². The minimum absolute atomic E-state index is 0.149. The molecule has 0 unspecified atom stereocenters. The molecule has 1 aromatic heterocycles. The third kappa shape index (κ3) is 7.96. The lowest BCUT2D eigenvalue weighted by Crippen LogP contribution is -2.50. The molecular weight excluding hydrogens is 651 g/mol. The maximum Gasteiger partial charge on any atom is 0.223 e. The molecule has 1 aliphatic rings. The summed E-state index contributed by atoms with van der Waals surface area (Å²) in [5.74, 6) is 0.837. The van der Waals surface area contributed by atoms with Crippen molar-refractivity contribution < 1.29 is 9.53 Å². The van der Waals surface area contributed by atoms with Crippen LogP contribution in [0.2, 0.25) is 0 Å². The van der Waals surface area contributed by atoms with Crippen LogP contribution >= 0.6 is 0 Å². The van der Waals surface area contributed by atoms with E-state index in [1.54, 1.807) is 0 Å². The summed E-state index contributed by atoms with van der Waals surface area (Å²) >= 11 is 0. The Bertz CT molecular complexity index is 2190. The molecule has 8 rings (SSSR count). The highest BCUT2D eigenvalue weighted by atomic mass is 16.5. The van der Waals surface area contributed by atoms with E-state index >= 15 is 0 Å². The predicted octanol–water partition coefficient (Wildman–Crippen LogP) is 9.72. The summed E-state index contributed by atoms with van der Waals surface area (Å²) < 4.78 is 8.65. The predicted molar refractivity (Wildman–Crippen MR) is 214 cm³/mol. The van der Waals surface area contributed by atoms with Gasteiger partial charge in [-0.1, -0.05) is 152 Å². The normalized spacial score (nSPS) is 14.0. The summed E-state index contributed by atoms with van der Waals surface area (Å²) in [6, 6.07) is 59.4. The van der Waals surface area contributed by atoms with E-state index in [-0.39, 0.29) is 17.9 Å². The van der Waals surface area contributed by atoms with Gasteiger partial charge in [-0.25, -0.2) is 0 Å². The molecule has 0 aliphatic carbocycles. The first kappa shape index (κ1) is 34.2. The van der Waals surface area contributed by atoms with Crippen LogP contribution in [0.1, 0.15) is 51.8 Å². The Morgan fingerprint density at radius 2 is 1.15 bits per heavy atom. The van der Waals surface area contributed by atoms with Crippen LogP contribution in [-0.2, 0) is 17.9 Å². The molecular formula is C48H45N3O2. The molecule has 6 aromatic carbocycles. The highest BCUT2D eigenvalue weighted by Crippen LogP contribution is 2.37. The minimum atomic E-state index is -0.149. The van der Waals surface area contributed by atoms with Crippen molar-refractivity contribution in [3.05, 3.63) is 209 Å². The van der Waals surface area contributed by atoms with Gasteiger partial charge in [0.05, 0.1) is 6.04 Å². The number of piperazine rings is 1. The first-order valence-electron chi connectivity index (χ1n) is 18.7. The molecule has 264 valence electrons. The SMILES string of the molecule is O=C(C[C@@H](c1cccc(OCc2ccccc2)c1)c1cn(Cc2ccccc2)c2ccccc12)N1CCN(C(c2ccccc2)c2ccccc2)CC1. The summed E-state index contributed by atoms with van der Waals surface area (Å²) in [5.41, 5.74) is 8.33. The number of hydrogen-bond donors (Lipinski definition) is 0. The van der Waals surface area contributed by atoms with Crippen molar-refractivity contribution in [2.75, 3.05) is 26.2 Å². The maximum atomic E-state index is 14.5. The molecule has 1 amide bonds. The van der Waals surface area contributed by atoms with Crippen molar-refractivity contribution >= 4 is 16.8 Å². The second-order valence-electron chi connectivity index (χ2n) is 14.0. The third-order valence-electron chi connectivity index (χ3n) is 10.5. The van der Waals surface area contributed by atoms with Crippen molar-refractivity contribution in [1.82, 2.24) is 14.4 Å². The number of fused-ring (bicyclic) bond motifs is 1. The van der Waals surface area contributed by atoms with Crippen molar-refractivity contribution in [2.24, 2.45) is 0 Å². The van der Waals surface area contributed by atoms with E-state index in [4.69, 9.17) is 4.74 Å². The summed E-state index contributed by atoms with van der Waals surface area (Å²) in [4.78, 5) is 19.1. The van der Waals surface area contributed by atoms with Gasteiger partial charge in [-0.05, 0) is 51.6 Å². The lowest BCUT2D eigenvalue weighted by atomic mass is 9.87. The monoisotopic (exact) mass is 695 g/mol. The van der Waals surface area contributed by atoms with Crippen LogP contribution in [0.25, 0.3) is 10.9 Å². The van der Waals surface area contributed by atoms with E-state index in [9.17, 15) is 4.79 Å². The van der Waals surface area contributed by atoms with Gasteiger partial charge in [0.25, 0.3) is 0 Å². The van der Waals surface area contributed by atoms with Crippen LogP contribution < -0.4 is 4.74 Å². The number of nitrogens with zero attached hydrogens (tertiary/aromatic N) is 3. The smallest absolute Gasteiger partial charge is 0.223 e. The summed E-state index contributed by atoms with van der Waals surface area (Å²) in [7, 11) is 0. The van der Waals surface area contributed by atoms with E-state index in [0.29, 0.717) is 26.1 Å². The molecule has 0 bridgehead atoms. The molecule has 1 fully saturated rings. The van der Waals surface area contributed by atoms with Crippen LogP contribution in [0.15, 0.2) is 176 Å². The number of carbonyl (C=O) groups excluding carboxylic acids is 1. The molecule has 5 nitrogen and oxygen atoms in total. The Kier molecular flexibility index (Phi) is 10.4. The molecule has 1 saturated heterocycles. The summed E-state index contributed by atoms with van der Waals surface area (Å²) in [6.45, 7) is 4.25. The van der Waals surface area contributed by atoms with Gasteiger partial charge in [0, 0.05) is 62.2 Å². The lowest BCUT2D eigenvalue weighted by molar-refractivity contribution is -0.133. The van der Waals surface area contributed by atoms with Crippen LogP contribution in [0.3, 0.4) is 0 Å². The van der Waals surface area contributed by atoms with E-state index in [2.05, 4.69) is 166 Å². The maximum absolute atomic E-state index is 14.5. The number of ether oxygens (including phenoxy) is 1. The zero-order valence-electron chi connectivity index (χ0n) is 30.0. The van der Waals surface area contributed by atoms with E-state index in [1.165, 1.54) is 27.6 Å². The minimum Gasteiger partial charge on any atom is -0.489 e. The van der Waals surface area contributed by atoms with Crippen molar-refractivity contribution in [3.63, 3.8) is 0 Å². The number of carbonyl (C=O) groups is 1. The number of benzene rings is 6. The quantitative estimate of drug-likeness (QED) is 0.128. The largest absolute Gasteiger partial charge is 0.489 e. The lowest BCUT2D eigenvalue weighted by Gasteiger charge is -2.40. The molecule has 0 N–H and O–H groups in total. The van der Waals surface area contributed by atoms with E-state index in [0.717, 1.165) is 42.1 Å². The Morgan fingerprint density at radius 3 is 1.81 bits per heavy atom. The zero-order valence-corrected chi connectivity index (χ0v) is 30.0. The van der Waals surface area contributed by atoms with E-state index < -0.39 is 0 Å². The van der Waals surface area contributed by atoms with Gasteiger partial charge in [0.15, 0.2) is 0 Å². The highest BCUT2D eigenvalue weighted by Gasteiger charge is 2.31. The fourth-order valence-corrected chi connectivity index (χ4v) is 7.85. The fraction of sp³-hybridized carbons (Fsp3) is 0.188. The molecule has 7 aromatic rings. The molecule has 53 heavy (non-hydrogen) atoms. The van der Waals surface area contributed by atoms with Gasteiger partial charge >= 0.3 is 0 Å². The zero-order chi connectivity index (χ0) is 35.8. The molecule has 2 heterocycles. The van der Waals surface area contributed by atoms with Gasteiger partial charge in [-0.15, -0.1) is 0 Å². The number of aromatic nitrogens is 1. The Morgan fingerprint density at radius 1 is 0.585 bits per heavy atom. The topological polar surface area (TPSA) is 37.7 Å². The number of amides is 1. The number of para-hydroxylation sites is 1. The highest BCUT2D eigenvalue weighted by molar-refractivity contribution is 5.87. The molecule has 0 saturated carbocycles. The second kappa shape index (κ2) is 16.2. The third-order valence-corrected chi connectivity index (χ3v) is 10.5. The van der Waals surface area contributed by atoms with Crippen LogP contribution in [-0.4, -0.2) is 46.5 Å². The molecule has 1 aliphatic heterocycles. The first-order chi connectivity index (χ1) is 26.2. The molecule has 1 atom stereocenters. The van der Waals surface area contributed by atoms with Gasteiger partial charge in [0.1, 0.15) is 12.4 Å². The van der Waals surface area contributed by atoms with Gasteiger partial charge in [-0.3, -0.25) is 9.69 Å². The van der Waals surface area contributed by atoms with Crippen molar-refractivity contribution in [2.45, 2.75) is 31.5 Å². The molecule has 0 spiro atoms. The van der Waals surface area contributed by atoms with Crippen LogP contribution in [0, 0.1) is 0 Å². The van der Waals surface area contributed by atoms with Crippen molar-refractivity contribution in [1.29, 1.82) is 0 Å². The Balaban J connectivity index is 1.07. The Labute approximate surface area is 312 Å². The number of hydrogen-bond acceptors (Lipinski definition) is 3. The standard InChI is InChI=1S/C48H45N3O2/c52-47(49-28-30-50(31-29-49)48(39-20-9-3-10-21-39)40-22-11-4-12-23-40)33-44(41-24-15-25-42(32-41)53-36-38-18-7-2-8-19-38)45-35-51(34-37-16-5-1-6-17-37)46-27-14-13-26-43(45)46/h1-27,32,35,44,48H,28-31,33-34,36H2/t44-/m0/s1. The summed E-state index contributed by atoms with van der Waals surface area (Å²) in [6.07, 6.45) is 2.65. The molecule has 5 heteroatoms. The fourth-order valence-electron chi connectivity index (χ4n) is 7.85. The first-order valence-corrected chi connectivity index (χ1v) is 18.7. The molecule has 0 radical (unpaired) electrons. The average molecular weight is 696 g/mol. The second-order valence-corrected chi connectivity index (χ2v) is 14.0. The average Bonchev–Trinajstić information content (AvgIpc) is 3.58. The number of rotatable bonds is 12. The van der Waals surface area contributed by atoms with Crippen LogP contribution in [0.5, 0.6) is 5.75 Å². The van der Waals surface area contributed by atoms with E-state index in [1.807, 2.05) is 24.3 Å². The summed E-state index contributed by atoms with van der Waals surface area (Å²) in [5, 5.41) is 1.18.